The zero-order valence-electron chi connectivity index (χ0n) is 16.6. The molecule has 0 saturated heterocycles. The number of carbonyl (C=O) groups is 2. The number of nitrogens with one attached hydrogen (secondary N) is 2. The van der Waals surface area contributed by atoms with E-state index in [4.69, 9.17) is 4.74 Å². The summed E-state index contributed by atoms with van der Waals surface area (Å²) in [7, 11) is 1.57. The standard InChI is InChI=1S/C23H19N3O3S2/c1-29-18-9-5-6-15(12-18)22(28)25-17-10-11-19-20(13-17)31-23(26-19)30-14-21(27)24-16-7-3-2-4-8-16/h2-13H,14H2,1H3,(H,24,27)(H,25,28). The summed E-state index contributed by atoms with van der Waals surface area (Å²) in [4.78, 5) is 29.2. The van der Waals surface area contributed by atoms with Gasteiger partial charge in [-0.25, -0.2) is 4.98 Å². The van der Waals surface area contributed by atoms with E-state index >= 15 is 0 Å². The summed E-state index contributed by atoms with van der Waals surface area (Å²) in [6, 6.07) is 21.9. The number of para-hydroxylation sites is 1. The van der Waals surface area contributed by atoms with Crippen LogP contribution in [0.25, 0.3) is 10.2 Å². The fourth-order valence-electron chi connectivity index (χ4n) is 2.86. The lowest BCUT2D eigenvalue weighted by molar-refractivity contribution is -0.113. The maximum atomic E-state index is 12.5. The molecule has 2 N–H and O–H groups in total. The van der Waals surface area contributed by atoms with Gasteiger partial charge >= 0.3 is 0 Å². The van der Waals surface area contributed by atoms with Crippen molar-refractivity contribution >= 4 is 56.5 Å². The van der Waals surface area contributed by atoms with Crippen molar-refractivity contribution < 1.29 is 14.3 Å². The fraction of sp³-hybridized carbons (Fsp3) is 0.0870. The molecule has 156 valence electrons. The highest BCUT2D eigenvalue weighted by Crippen LogP contribution is 2.31. The molecule has 31 heavy (non-hydrogen) atoms. The van der Waals surface area contributed by atoms with Gasteiger partial charge in [0.25, 0.3) is 5.91 Å². The molecule has 4 rings (SSSR count). The zero-order chi connectivity index (χ0) is 21.6. The number of fused-ring (bicyclic) bond motifs is 1. The van der Waals surface area contributed by atoms with Crippen molar-refractivity contribution in [1.82, 2.24) is 4.98 Å². The maximum absolute atomic E-state index is 12.5. The largest absolute Gasteiger partial charge is 0.497 e. The van der Waals surface area contributed by atoms with Gasteiger partial charge in [0.1, 0.15) is 5.75 Å². The molecule has 1 aromatic heterocycles. The van der Waals surface area contributed by atoms with Crippen LogP contribution in [0.1, 0.15) is 10.4 Å². The second kappa shape index (κ2) is 9.63. The van der Waals surface area contributed by atoms with E-state index in [2.05, 4.69) is 15.6 Å². The average molecular weight is 450 g/mol. The number of aromatic nitrogens is 1. The van der Waals surface area contributed by atoms with E-state index in [0.717, 1.165) is 20.2 Å². The van der Waals surface area contributed by atoms with E-state index in [0.29, 0.717) is 17.0 Å². The van der Waals surface area contributed by atoms with Crippen LogP contribution in [0, 0.1) is 0 Å². The monoisotopic (exact) mass is 449 g/mol. The second-order valence-electron chi connectivity index (χ2n) is 6.55. The van der Waals surface area contributed by atoms with E-state index < -0.39 is 0 Å². The van der Waals surface area contributed by atoms with Gasteiger partial charge in [-0.3, -0.25) is 9.59 Å². The summed E-state index contributed by atoms with van der Waals surface area (Å²) in [5.41, 5.74) is 2.80. The van der Waals surface area contributed by atoms with Crippen LogP contribution >= 0.6 is 23.1 Å². The minimum absolute atomic E-state index is 0.0818. The Bertz CT molecular complexity index is 1230. The molecular weight excluding hydrogens is 430 g/mol. The molecule has 8 heteroatoms. The second-order valence-corrected chi connectivity index (χ2v) is 8.80. The first-order valence-corrected chi connectivity index (χ1v) is 11.2. The number of benzene rings is 3. The van der Waals surface area contributed by atoms with Crippen molar-refractivity contribution in [3.05, 3.63) is 78.4 Å². The number of hydrogen-bond donors (Lipinski definition) is 2. The van der Waals surface area contributed by atoms with Gasteiger partial charge < -0.3 is 15.4 Å². The molecule has 0 fully saturated rings. The Kier molecular flexibility index (Phi) is 6.49. The SMILES string of the molecule is COc1cccc(C(=O)Nc2ccc3nc(SCC(=O)Nc4ccccc4)sc3c2)c1. The van der Waals surface area contributed by atoms with Crippen LogP contribution in [-0.2, 0) is 4.79 Å². The number of thiazole rings is 1. The first kappa shape index (κ1) is 20.9. The van der Waals surface area contributed by atoms with Crippen molar-refractivity contribution in [3.8, 4) is 5.75 Å². The summed E-state index contributed by atoms with van der Waals surface area (Å²) >= 11 is 2.88. The molecule has 2 amide bonds. The summed E-state index contributed by atoms with van der Waals surface area (Å²) in [6.45, 7) is 0. The maximum Gasteiger partial charge on any atom is 0.255 e. The van der Waals surface area contributed by atoms with Crippen LogP contribution < -0.4 is 15.4 Å². The van der Waals surface area contributed by atoms with Gasteiger partial charge in [0.2, 0.25) is 5.91 Å². The number of amides is 2. The molecule has 1 heterocycles. The molecule has 0 aliphatic heterocycles. The number of carbonyl (C=O) groups excluding carboxylic acids is 2. The number of hydrogen-bond acceptors (Lipinski definition) is 6. The molecule has 0 bridgehead atoms. The fourth-order valence-corrected chi connectivity index (χ4v) is 4.76. The Hall–Kier alpha value is -3.36. The number of nitrogens with zero attached hydrogens (tertiary/aromatic N) is 1. The third-order valence-corrected chi connectivity index (χ3v) is 6.50. The molecule has 0 unspecified atom stereocenters. The lowest BCUT2D eigenvalue weighted by atomic mass is 10.2. The molecule has 4 aromatic rings. The molecule has 0 atom stereocenters. The quantitative estimate of drug-likeness (QED) is 0.375. The minimum Gasteiger partial charge on any atom is -0.497 e. The van der Waals surface area contributed by atoms with E-state index in [9.17, 15) is 9.59 Å². The van der Waals surface area contributed by atoms with E-state index in [1.165, 1.54) is 23.1 Å². The molecule has 0 aliphatic carbocycles. The summed E-state index contributed by atoms with van der Waals surface area (Å²) in [5, 5.41) is 5.76. The average Bonchev–Trinajstić information content (AvgIpc) is 3.20. The van der Waals surface area contributed by atoms with Crippen LogP contribution in [0.3, 0.4) is 0 Å². The number of rotatable bonds is 7. The van der Waals surface area contributed by atoms with E-state index in [-0.39, 0.29) is 17.6 Å². The lowest BCUT2D eigenvalue weighted by Gasteiger charge is -2.06. The summed E-state index contributed by atoms with van der Waals surface area (Å²) < 4.78 is 6.91. The predicted molar refractivity (Wildman–Crippen MR) is 126 cm³/mol. The topological polar surface area (TPSA) is 80.3 Å². The van der Waals surface area contributed by atoms with Crippen LogP contribution in [0.4, 0.5) is 11.4 Å². The van der Waals surface area contributed by atoms with E-state index in [1.54, 1.807) is 31.4 Å². The highest BCUT2D eigenvalue weighted by Gasteiger charge is 2.11. The van der Waals surface area contributed by atoms with Crippen molar-refractivity contribution in [3.63, 3.8) is 0 Å². The number of thioether (sulfide) groups is 1. The molecule has 0 saturated carbocycles. The van der Waals surface area contributed by atoms with Crippen LogP contribution in [-0.4, -0.2) is 29.7 Å². The van der Waals surface area contributed by atoms with E-state index in [1.807, 2.05) is 48.5 Å². The van der Waals surface area contributed by atoms with Crippen LogP contribution in [0.2, 0.25) is 0 Å². The molecular formula is C23H19N3O3S2. The molecule has 3 aromatic carbocycles. The van der Waals surface area contributed by atoms with Gasteiger partial charge in [-0.05, 0) is 48.5 Å². The van der Waals surface area contributed by atoms with Crippen molar-refractivity contribution in [2.45, 2.75) is 4.34 Å². The Balaban J connectivity index is 1.39. The summed E-state index contributed by atoms with van der Waals surface area (Å²) in [6.07, 6.45) is 0. The minimum atomic E-state index is -0.213. The third kappa shape index (κ3) is 5.42. The Morgan fingerprint density at radius 1 is 0.968 bits per heavy atom. The van der Waals surface area contributed by atoms with Crippen molar-refractivity contribution in [2.75, 3.05) is 23.5 Å². The van der Waals surface area contributed by atoms with Gasteiger partial charge in [-0.2, -0.15) is 0 Å². The van der Waals surface area contributed by atoms with Gasteiger partial charge in [-0.15, -0.1) is 11.3 Å². The molecule has 0 radical (unpaired) electrons. The van der Waals surface area contributed by atoms with Crippen LogP contribution in [0.15, 0.2) is 77.1 Å². The van der Waals surface area contributed by atoms with Crippen molar-refractivity contribution in [1.29, 1.82) is 0 Å². The first-order chi connectivity index (χ1) is 15.1. The molecule has 0 spiro atoms. The molecule has 0 aliphatic rings. The van der Waals surface area contributed by atoms with Gasteiger partial charge in [0.05, 0.1) is 23.1 Å². The smallest absolute Gasteiger partial charge is 0.255 e. The normalized spacial score (nSPS) is 10.6. The van der Waals surface area contributed by atoms with Gasteiger partial charge in [0.15, 0.2) is 4.34 Å². The van der Waals surface area contributed by atoms with Crippen molar-refractivity contribution in [2.24, 2.45) is 0 Å². The highest BCUT2D eigenvalue weighted by atomic mass is 32.2. The predicted octanol–water partition coefficient (Wildman–Crippen LogP) is 5.29. The number of ether oxygens (including phenoxy) is 1. The Labute approximate surface area is 187 Å². The summed E-state index contributed by atoms with van der Waals surface area (Å²) in [5.74, 6) is 0.605. The molecule has 6 nitrogen and oxygen atoms in total. The highest BCUT2D eigenvalue weighted by molar-refractivity contribution is 8.01. The number of methoxy groups -OCH3 is 1. The van der Waals surface area contributed by atoms with Crippen LogP contribution in [0.5, 0.6) is 5.75 Å². The Morgan fingerprint density at radius 3 is 2.61 bits per heavy atom. The lowest BCUT2D eigenvalue weighted by Crippen LogP contribution is -2.13. The number of anilines is 2. The first-order valence-electron chi connectivity index (χ1n) is 9.44. The van der Waals surface area contributed by atoms with Gasteiger partial charge in [-0.1, -0.05) is 36.0 Å². The zero-order valence-corrected chi connectivity index (χ0v) is 18.3. The van der Waals surface area contributed by atoms with Gasteiger partial charge in [0, 0.05) is 16.9 Å². The third-order valence-electron chi connectivity index (χ3n) is 4.34. The Morgan fingerprint density at radius 2 is 1.81 bits per heavy atom.